The average molecular weight is 706 g/mol. The number of carbonyl (C=O) groups is 4. The van der Waals surface area contributed by atoms with Crippen molar-refractivity contribution in [1.29, 1.82) is 0 Å². The Bertz CT molecular complexity index is 1570. The van der Waals surface area contributed by atoms with E-state index < -0.39 is 84.0 Å². The molecular formula is C32H47N7O11. The molecule has 18 nitrogen and oxygen atoms in total. The second kappa shape index (κ2) is 14.7. The van der Waals surface area contributed by atoms with Crippen molar-refractivity contribution in [2.24, 2.45) is 0 Å². The molecule has 1 spiro atoms. The molecule has 5 heterocycles. The molecule has 0 unspecified atom stereocenters. The molecule has 0 radical (unpaired) electrons. The number of aliphatic hydroxyl groups excluding tert-OH is 3. The zero-order valence-electron chi connectivity index (χ0n) is 28.6. The van der Waals surface area contributed by atoms with Crippen LogP contribution in [0, 0.1) is 0 Å². The van der Waals surface area contributed by atoms with Gasteiger partial charge in [-0.2, -0.15) is 5.10 Å². The summed E-state index contributed by atoms with van der Waals surface area (Å²) in [5, 5.41) is 56.2. The van der Waals surface area contributed by atoms with Gasteiger partial charge in [-0.25, -0.2) is 14.6 Å². The number of nitrogens with zero attached hydrogens (tertiary/aromatic N) is 4. The van der Waals surface area contributed by atoms with E-state index in [1.54, 1.807) is 25.7 Å². The van der Waals surface area contributed by atoms with Gasteiger partial charge in [0, 0.05) is 64.1 Å². The third-order valence-electron chi connectivity index (χ3n) is 9.50. The molecule has 7 N–H and O–H groups in total. The first-order chi connectivity index (χ1) is 23.5. The van der Waals surface area contributed by atoms with Gasteiger partial charge >= 0.3 is 12.1 Å². The van der Waals surface area contributed by atoms with E-state index in [0.717, 1.165) is 0 Å². The molecule has 0 bridgehead atoms. The molecule has 0 saturated carbocycles. The highest BCUT2D eigenvalue weighted by Crippen LogP contribution is 2.38. The summed E-state index contributed by atoms with van der Waals surface area (Å²) in [4.78, 5) is 58.5. The van der Waals surface area contributed by atoms with Crippen molar-refractivity contribution in [3.8, 4) is 0 Å². The third kappa shape index (κ3) is 8.16. The van der Waals surface area contributed by atoms with Gasteiger partial charge in [0.1, 0.15) is 17.8 Å². The molecule has 50 heavy (non-hydrogen) atoms. The van der Waals surface area contributed by atoms with Crippen LogP contribution < -0.4 is 10.6 Å². The van der Waals surface area contributed by atoms with Gasteiger partial charge in [0.15, 0.2) is 11.2 Å². The number of fused-ring (bicyclic) bond motifs is 1. The fourth-order valence-electron chi connectivity index (χ4n) is 6.91. The molecule has 7 atom stereocenters. The summed E-state index contributed by atoms with van der Waals surface area (Å²) < 4.78 is 17.5. The zero-order valence-corrected chi connectivity index (χ0v) is 28.6. The van der Waals surface area contributed by atoms with E-state index >= 15 is 0 Å². The number of pyridine rings is 1. The van der Waals surface area contributed by atoms with Crippen molar-refractivity contribution in [2.45, 2.75) is 94.2 Å². The lowest BCUT2D eigenvalue weighted by Crippen LogP contribution is -2.68. The van der Waals surface area contributed by atoms with Crippen LogP contribution >= 0.6 is 0 Å². The minimum absolute atomic E-state index is 0.139. The highest BCUT2D eigenvalue weighted by Gasteiger charge is 2.55. The minimum atomic E-state index is -2.03. The standard InChI is InChI=1S/C32H47N7O11/c1-18(40)36-23-21(41)12-32(28(45)46,6-8-39-9-10-48-17-31(39)5-7-38(16-31)29(47)50-30(2,3)4)49-25(23)24(43)22(42)15-34-27(44)20-11-19-14-35-37-26(19)33-13-20/h11,13-14,21-25,41-43H,5-10,12,15-17H2,1-4H3,(H,34,44)(H,36,40)(H,45,46)(H,33,35,37)/t21-,22+,23+,24+,25+,31-,32+/m0/s1. The number of aromatic amines is 1. The number of aliphatic hydroxyl groups is 3. The SMILES string of the molecule is CC(=O)N[C@H]1[C@H]([C@H](O)[C@H](O)CNC(=O)c2cnc3[nH]ncc3c2)O[C@@](CCN2CCOC[C@@]23CCN(C(=O)OC(C)(C)C)C3)(C(=O)O)C[C@@H]1O. The number of nitrogens with one attached hydrogen (secondary N) is 3. The Kier molecular flexibility index (Phi) is 11.0. The molecule has 5 rings (SSSR count). The van der Waals surface area contributed by atoms with Crippen molar-refractivity contribution in [3.05, 3.63) is 24.0 Å². The predicted octanol–water partition coefficient (Wildman–Crippen LogP) is -1.01. The summed E-state index contributed by atoms with van der Waals surface area (Å²) in [6, 6.07) is 0.262. The van der Waals surface area contributed by atoms with Gasteiger partial charge in [0.25, 0.3) is 5.91 Å². The van der Waals surface area contributed by atoms with Gasteiger partial charge in [0.05, 0.1) is 48.8 Å². The van der Waals surface area contributed by atoms with Crippen LogP contribution in [-0.4, -0.2) is 162 Å². The molecule has 0 aromatic carbocycles. The number of hydrogen-bond donors (Lipinski definition) is 7. The Morgan fingerprint density at radius 1 is 1.20 bits per heavy atom. The quantitative estimate of drug-likeness (QED) is 0.157. The van der Waals surface area contributed by atoms with E-state index in [9.17, 15) is 39.6 Å². The van der Waals surface area contributed by atoms with Gasteiger partial charge < -0.3 is 50.2 Å². The van der Waals surface area contributed by atoms with E-state index in [1.165, 1.54) is 25.4 Å². The van der Waals surface area contributed by atoms with Crippen LogP contribution in [0.1, 0.15) is 57.3 Å². The van der Waals surface area contributed by atoms with Crippen molar-refractivity contribution < 1.29 is 53.8 Å². The number of morpholine rings is 1. The molecule has 3 fully saturated rings. The smallest absolute Gasteiger partial charge is 0.410 e. The highest BCUT2D eigenvalue weighted by molar-refractivity contribution is 5.96. The second-order valence-corrected chi connectivity index (χ2v) is 14.3. The number of hydrogen-bond acceptors (Lipinski definition) is 13. The fourth-order valence-corrected chi connectivity index (χ4v) is 6.91. The lowest BCUT2D eigenvalue weighted by Gasteiger charge is -2.49. The van der Waals surface area contributed by atoms with Gasteiger partial charge in [-0.1, -0.05) is 0 Å². The van der Waals surface area contributed by atoms with E-state index in [2.05, 4.69) is 30.7 Å². The van der Waals surface area contributed by atoms with Crippen LogP contribution in [0.3, 0.4) is 0 Å². The van der Waals surface area contributed by atoms with Gasteiger partial charge in [-0.05, 0) is 33.3 Å². The number of carbonyl (C=O) groups excluding carboxylic acids is 3. The number of aromatic nitrogens is 3. The predicted molar refractivity (Wildman–Crippen MR) is 174 cm³/mol. The first-order valence-electron chi connectivity index (χ1n) is 16.6. The van der Waals surface area contributed by atoms with E-state index in [4.69, 9.17) is 14.2 Å². The van der Waals surface area contributed by atoms with Crippen molar-refractivity contribution in [3.63, 3.8) is 0 Å². The molecule has 2 aromatic rings. The summed E-state index contributed by atoms with van der Waals surface area (Å²) in [5.41, 5.74) is -2.66. The monoisotopic (exact) mass is 705 g/mol. The minimum Gasteiger partial charge on any atom is -0.479 e. The normalized spacial score (nSPS) is 28.7. The maximum Gasteiger partial charge on any atom is 0.410 e. The molecular weight excluding hydrogens is 658 g/mol. The molecule has 276 valence electrons. The van der Waals surface area contributed by atoms with E-state index in [-0.39, 0.29) is 18.5 Å². The van der Waals surface area contributed by atoms with Gasteiger partial charge in [0.2, 0.25) is 5.91 Å². The summed E-state index contributed by atoms with van der Waals surface area (Å²) in [6.45, 7) is 8.11. The second-order valence-electron chi connectivity index (χ2n) is 14.3. The van der Waals surface area contributed by atoms with Crippen molar-refractivity contribution >= 4 is 34.9 Å². The number of carboxylic acids is 1. The van der Waals surface area contributed by atoms with Crippen molar-refractivity contribution in [1.82, 2.24) is 35.6 Å². The number of carboxylic acid groups (broad SMARTS) is 1. The van der Waals surface area contributed by atoms with E-state index in [0.29, 0.717) is 50.3 Å². The van der Waals surface area contributed by atoms with Crippen LogP contribution in [0.2, 0.25) is 0 Å². The molecule has 18 heteroatoms. The van der Waals surface area contributed by atoms with Gasteiger partial charge in [-0.3, -0.25) is 19.6 Å². The average Bonchev–Trinajstić information content (AvgIpc) is 3.70. The number of amides is 3. The Hall–Kier alpha value is -3.94. The van der Waals surface area contributed by atoms with Crippen LogP contribution in [0.5, 0.6) is 0 Å². The van der Waals surface area contributed by atoms with Gasteiger partial charge in [-0.15, -0.1) is 0 Å². The Morgan fingerprint density at radius 3 is 2.66 bits per heavy atom. The summed E-state index contributed by atoms with van der Waals surface area (Å²) in [5.74, 6) is -2.58. The number of ether oxygens (including phenoxy) is 3. The van der Waals surface area contributed by atoms with Crippen LogP contribution in [0.25, 0.3) is 11.0 Å². The Labute approximate surface area is 288 Å². The summed E-state index contributed by atoms with van der Waals surface area (Å²) >= 11 is 0. The first-order valence-corrected chi connectivity index (χ1v) is 16.6. The molecule has 3 aliphatic rings. The maximum absolute atomic E-state index is 12.9. The van der Waals surface area contributed by atoms with Crippen molar-refractivity contribution in [2.75, 3.05) is 45.9 Å². The lowest BCUT2D eigenvalue weighted by molar-refractivity contribution is -0.231. The largest absolute Gasteiger partial charge is 0.479 e. The van der Waals surface area contributed by atoms with Crippen LogP contribution in [0.15, 0.2) is 18.5 Å². The summed E-state index contributed by atoms with van der Waals surface area (Å²) in [6.07, 6.45) is -4.25. The lowest BCUT2D eigenvalue weighted by atomic mass is 9.81. The molecule has 0 aliphatic carbocycles. The molecule has 3 aliphatic heterocycles. The molecule has 3 saturated heterocycles. The number of rotatable bonds is 10. The number of aliphatic carboxylic acids is 1. The van der Waals surface area contributed by atoms with E-state index in [1.807, 2.05) is 0 Å². The highest BCUT2D eigenvalue weighted by atomic mass is 16.6. The Balaban J connectivity index is 1.29. The van der Waals surface area contributed by atoms with Crippen LogP contribution in [-0.2, 0) is 23.8 Å². The van der Waals surface area contributed by atoms with Crippen LogP contribution in [0.4, 0.5) is 4.79 Å². The number of likely N-dealkylation sites (tertiary alicyclic amines) is 1. The topological polar surface area (TPSA) is 249 Å². The first kappa shape index (κ1) is 37.3. The zero-order chi connectivity index (χ0) is 36.4. The third-order valence-corrected chi connectivity index (χ3v) is 9.50. The molecule has 3 amide bonds. The fraction of sp³-hybridized carbons (Fsp3) is 0.688. The summed E-state index contributed by atoms with van der Waals surface area (Å²) in [7, 11) is 0. The molecule has 2 aromatic heterocycles. The Morgan fingerprint density at radius 2 is 1.96 bits per heavy atom. The maximum atomic E-state index is 12.9. The number of H-pyrrole nitrogens is 1.